The maximum atomic E-state index is 9.17. The van der Waals surface area contributed by atoms with Crippen molar-refractivity contribution >= 4 is 11.8 Å². The maximum absolute atomic E-state index is 9.17. The molecule has 1 rings (SSSR count). The fourth-order valence-corrected chi connectivity index (χ4v) is 1.84. The van der Waals surface area contributed by atoms with Crippen LogP contribution in [0.4, 0.5) is 0 Å². The van der Waals surface area contributed by atoms with Crippen LogP contribution < -0.4 is 5.73 Å². The molecule has 0 radical (unpaired) electrons. The second-order valence-corrected chi connectivity index (χ2v) is 4.40. The van der Waals surface area contributed by atoms with E-state index in [1.807, 2.05) is 19.1 Å². The molecule has 1 aromatic heterocycles. The first-order valence-electron chi connectivity index (χ1n) is 4.76. The van der Waals surface area contributed by atoms with E-state index in [9.17, 15) is 5.11 Å². The first-order chi connectivity index (χ1) is 7.13. The van der Waals surface area contributed by atoms with Crippen LogP contribution >= 0.6 is 11.8 Å². The van der Waals surface area contributed by atoms with E-state index in [-0.39, 0.29) is 12.6 Å². The average molecular weight is 228 g/mol. The molecule has 1 heterocycles. The second kappa shape index (κ2) is 6.07. The van der Waals surface area contributed by atoms with Crippen molar-refractivity contribution in [2.24, 2.45) is 5.73 Å². The quantitative estimate of drug-likeness (QED) is 0.641. The first kappa shape index (κ1) is 12.4. The van der Waals surface area contributed by atoms with Gasteiger partial charge in [-0.3, -0.25) is 0 Å². The van der Waals surface area contributed by atoms with Crippen molar-refractivity contribution in [2.45, 2.75) is 24.1 Å². The largest absolute Gasteiger partial charge is 0.394 e. The molecular weight excluding hydrogens is 212 g/mol. The fraction of sp³-hybridized carbons (Fsp3) is 0.500. The highest BCUT2D eigenvalue weighted by Crippen LogP contribution is 2.19. The Kier molecular flexibility index (Phi) is 5.04. The highest BCUT2D eigenvalue weighted by atomic mass is 32.2. The van der Waals surface area contributed by atoms with Crippen LogP contribution in [-0.2, 0) is 0 Å². The van der Waals surface area contributed by atoms with Crippen LogP contribution in [0, 0.1) is 0 Å². The van der Waals surface area contributed by atoms with Crippen LogP contribution in [0.15, 0.2) is 23.4 Å². The smallest absolute Gasteiger partial charge is 0.0964 e. The van der Waals surface area contributed by atoms with Gasteiger partial charge in [0.05, 0.1) is 17.7 Å². The standard InChI is InChI=1S/C10H16N2O2S/c1-7(11)8-2-3-12-10(4-8)15-6-9(14)5-13/h2-4,7,9,13-14H,5-6,11H2,1H3. The molecule has 15 heavy (non-hydrogen) atoms. The Morgan fingerprint density at radius 2 is 2.33 bits per heavy atom. The zero-order valence-corrected chi connectivity index (χ0v) is 9.44. The summed E-state index contributed by atoms with van der Waals surface area (Å²) in [7, 11) is 0. The highest BCUT2D eigenvalue weighted by Gasteiger charge is 2.05. The van der Waals surface area contributed by atoms with Gasteiger partial charge < -0.3 is 15.9 Å². The molecule has 5 heteroatoms. The third kappa shape index (κ3) is 4.17. The molecule has 0 saturated carbocycles. The van der Waals surface area contributed by atoms with Crippen LogP contribution in [0.1, 0.15) is 18.5 Å². The number of thioether (sulfide) groups is 1. The van der Waals surface area contributed by atoms with Gasteiger partial charge in [0.15, 0.2) is 0 Å². The van der Waals surface area contributed by atoms with Crippen LogP contribution in [0.25, 0.3) is 0 Å². The van der Waals surface area contributed by atoms with E-state index in [0.29, 0.717) is 5.75 Å². The van der Waals surface area contributed by atoms with Gasteiger partial charge in [-0.05, 0) is 24.6 Å². The van der Waals surface area contributed by atoms with Gasteiger partial charge in [0.2, 0.25) is 0 Å². The van der Waals surface area contributed by atoms with Crippen molar-refractivity contribution in [3.8, 4) is 0 Å². The fourth-order valence-electron chi connectivity index (χ4n) is 1.02. The molecule has 0 aromatic carbocycles. The highest BCUT2D eigenvalue weighted by molar-refractivity contribution is 7.99. The number of pyridine rings is 1. The van der Waals surface area contributed by atoms with Gasteiger partial charge >= 0.3 is 0 Å². The lowest BCUT2D eigenvalue weighted by molar-refractivity contribution is 0.113. The summed E-state index contributed by atoms with van der Waals surface area (Å²) in [6, 6.07) is 3.76. The van der Waals surface area contributed by atoms with Crippen LogP contribution in [0.5, 0.6) is 0 Å². The Balaban J connectivity index is 2.58. The summed E-state index contributed by atoms with van der Waals surface area (Å²) >= 11 is 1.41. The summed E-state index contributed by atoms with van der Waals surface area (Å²) in [6.45, 7) is 1.69. The predicted octanol–water partition coefficient (Wildman–Crippen LogP) is 0.547. The molecule has 2 unspecified atom stereocenters. The number of aliphatic hydroxyl groups is 2. The minimum atomic E-state index is -0.698. The molecule has 4 nitrogen and oxygen atoms in total. The molecule has 0 aliphatic heterocycles. The first-order valence-corrected chi connectivity index (χ1v) is 5.75. The number of hydrogen-bond donors (Lipinski definition) is 3. The number of nitrogens with two attached hydrogens (primary N) is 1. The Morgan fingerprint density at radius 1 is 1.60 bits per heavy atom. The maximum Gasteiger partial charge on any atom is 0.0964 e. The minimum absolute atomic E-state index is 0.0184. The summed E-state index contributed by atoms with van der Waals surface area (Å²) in [5.74, 6) is 0.436. The van der Waals surface area contributed by atoms with Gasteiger partial charge in [0.25, 0.3) is 0 Å². The van der Waals surface area contributed by atoms with Crippen molar-refractivity contribution < 1.29 is 10.2 Å². The summed E-state index contributed by atoms with van der Waals surface area (Å²) in [6.07, 6.45) is 1.00. The van der Waals surface area contributed by atoms with E-state index in [0.717, 1.165) is 10.6 Å². The summed E-state index contributed by atoms with van der Waals surface area (Å²) in [4.78, 5) is 4.14. The van der Waals surface area contributed by atoms with Crippen molar-refractivity contribution in [1.82, 2.24) is 4.98 Å². The van der Waals surface area contributed by atoms with Gasteiger partial charge in [-0.15, -0.1) is 11.8 Å². The lowest BCUT2D eigenvalue weighted by Gasteiger charge is -2.08. The second-order valence-electron chi connectivity index (χ2n) is 3.36. The van der Waals surface area contributed by atoms with E-state index >= 15 is 0 Å². The Morgan fingerprint density at radius 3 is 2.93 bits per heavy atom. The van der Waals surface area contributed by atoms with Crippen molar-refractivity contribution in [3.63, 3.8) is 0 Å². The summed E-state index contributed by atoms with van der Waals surface area (Å²) in [5.41, 5.74) is 6.76. The number of hydrogen-bond acceptors (Lipinski definition) is 5. The average Bonchev–Trinajstić information content (AvgIpc) is 2.26. The molecule has 0 aliphatic rings. The zero-order valence-electron chi connectivity index (χ0n) is 8.63. The van der Waals surface area contributed by atoms with E-state index in [1.165, 1.54) is 11.8 Å². The van der Waals surface area contributed by atoms with Gasteiger partial charge in [-0.2, -0.15) is 0 Å². The SMILES string of the molecule is CC(N)c1ccnc(SCC(O)CO)c1. The molecule has 0 spiro atoms. The number of rotatable bonds is 5. The van der Waals surface area contributed by atoms with Gasteiger partial charge in [0, 0.05) is 18.0 Å². The van der Waals surface area contributed by atoms with Crippen molar-refractivity contribution in [1.29, 1.82) is 0 Å². The van der Waals surface area contributed by atoms with Crippen molar-refractivity contribution in [3.05, 3.63) is 23.9 Å². The predicted molar refractivity (Wildman–Crippen MR) is 60.7 cm³/mol. The van der Waals surface area contributed by atoms with E-state index < -0.39 is 6.10 Å². The molecule has 4 N–H and O–H groups in total. The third-order valence-corrected chi connectivity index (χ3v) is 2.99. The molecule has 1 aromatic rings. The number of nitrogens with zero attached hydrogens (tertiary/aromatic N) is 1. The summed E-state index contributed by atoms with van der Waals surface area (Å²) < 4.78 is 0. The molecular formula is C10H16N2O2S. The normalized spacial score (nSPS) is 14.9. The van der Waals surface area contributed by atoms with E-state index in [1.54, 1.807) is 6.20 Å². The molecule has 0 fully saturated rings. The number of aliphatic hydroxyl groups excluding tert-OH is 2. The molecule has 0 bridgehead atoms. The Hall–Kier alpha value is -0.620. The van der Waals surface area contributed by atoms with Crippen LogP contribution in [-0.4, -0.2) is 33.7 Å². The van der Waals surface area contributed by atoms with Gasteiger partial charge in [0.1, 0.15) is 0 Å². The molecule has 0 saturated heterocycles. The van der Waals surface area contributed by atoms with Crippen molar-refractivity contribution in [2.75, 3.05) is 12.4 Å². The lowest BCUT2D eigenvalue weighted by Crippen LogP contribution is -2.14. The topological polar surface area (TPSA) is 79.4 Å². The molecule has 0 aliphatic carbocycles. The van der Waals surface area contributed by atoms with Gasteiger partial charge in [-0.1, -0.05) is 0 Å². The molecule has 2 atom stereocenters. The van der Waals surface area contributed by atoms with E-state index in [4.69, 9.17) is 10.8 Å². The van der Waals surface area contributed by atoms with Gasteiger partial charge in [-0.25, -0.2) is 4.98 Å². The third-order valence-electron chi connectivity index (χ3n) is 1.92. The van der Waals surface area contributed by atoms with E-state index in [2.05, 4.69) is 4.98 Å². The lowest BCUT2D eigenvalue weighted by atomic mass is 10.1. The van der Waals surface area contributed by atoms with Crippen LogP contribution in [0.3, 0.4) is 0 Å². The molecule has 84 valence electrons. The van der Waals surface area contributed by atoms with Crippen LogP contribution in [0.2, 0.25) is 0 Å². The molecule has 0 amide bonds. The Bertz CT molecular complexity index is 307. The summed E-state index contributed by atoms with van der Waals surface area (Å²) in [5, 5.41) is 18.6. The Labute approximate surface area is 93.5 Å². The zero-order chi connectivity index (χ0) is 11.3. The number of aromatic nitrogens is 1. The minimum Gasteiger partial charge on any atom is -0.394 e. The monoisotopic (exact) mass is 228 g/mol.